The number of hydrogen-bond donors (Lipinski definition) is 1. The second kappa shape index (κ2) is 5.66. The normalized spacial score (nSPS) is 12.9. The number of aromatic nitrogens is 3. The van der Waals surface area contributed by atoms with Crippen LogP contribution in [0.5, 0.6) is 0 Å². The van der Waals surface area contributed by atoms with Gasteiger partial charge >= 0.3 is 0 Å². The predicted molar refractivity (Wildman–Crippen MR) is 71.6 cm³/mol. The number of likely N-dealkylation sites (N-methyl/N-ethyl adjacent to an activating group) is 1. The SMILES string of the molecule is CCNC(Cc1csc(C)n1)c1snnc1C. The molecule has 1 atom stereocenters. The second-order valence-electron chi connectivity index (χ2n) is 3.89. The van der Waals surface area contributed by atoms with Crippen molar-refractivity contribution in [1.82, 2.24) is 19.9 Å². The van der Waals surface area contributed by atoms with Crippen LogP contribution in [0.1, 0.15) is 34.2 Å². The fourth-order valence-corrected chi connectivity index (χ4v) is 3.12. The van der Waals surface area contributed by atoms with E-state index in [1.54, 1.807) is 11.3 Å². The summed E-state index contributed by atoms with van der Waals surface area (Å²) in [5, 5.41) is 10.8. The molecule has 2 aromatic rings. The van der Waals surface area contributed by atoms with Crippen LogP contribution in [-0.2, 0) is 6.42 Å². The molecular weight excluding hydrogens is 252 g/mol. The quantitative estimate of drug-likeness (QED) is 0.905. The fourth-order valence-electron chi connectivity index (χ4n) is 1.77. The van der Waals surface area contributed by atoms with Crippen LogP contribution < -0.4 is 5.32 Å². The number of hydrogen-bond acceptors (Lipinski definition) is 6. The minimum Gasteiger partial charge on any atom is -0.309 e. The van der Waals surface area contributed by atoms with Crippen molar-refractivity contribution in [2.45, 2.75) is 33.2 Å². The fraction of sp³-hybridized carbons (Fsp3) is 0.545. The van der Waals surface area contributed by atoms with E-state index in [1.807, 2.05) is 13.8 Å². The molecule has 6 heteroatoms. The summed E-state index contributed by atoms with van der Waals surface area (Å²) in [6, 6.07) is 0.279. The van der Waals surface area contributed by atoms with Crippen molar-refractivity contribution in [3.63, 3.8) is 0 Å². The second-order valence-corrected chi connectivity index (χ2v) is 5.74. The molecule has 2 heterocycles. The Morgan fingerprint density at radius 1 is 1.41 bits per heavy atom. The highest BCUT2D eigenvalue weighted by atomic mass is 32.1. The van der Waals surface area contributed by atoms with Gasteiger partial charge in [0.15, 0.2) is 0 Å². The summed E-state index contributed by atoms with van der Waals surface area (Å²) < 4.78 is 4.01. The maximum Gasteiger partial charge on any atom is 0.0897 e. The van der Waals surface area contributed by atoms with Gasteiger partial charge in [0.1, 0.15) is 0 Å². The first-order valence-electron chi connectivity index (χ1n) is 5.64. The van der Waals surface area contributed by atoms with Gasteiger partial charge < -0.3 is 5.32 Å². The number of aryl methyl sites for hydroxylation is 2. The molecule has 92 valence electrons. The zero-order valence-electron chi connectivity index (χ0n) is 10.2. The van der Waals surface area contributed by atoms with Gasteiger partial charge in [0.25, 0.3) is 0 Å². The monoisotopic (exact) mass is 268 g/mol. The lowest BCUT2D eigenvalue weighted by Gasteiger charge is -2.15. The van der Waals surface area contributed by atoms with E-state index in [2.05, 4.69) is 32.2 Å². The van der Waals surface area contributed by atoms with E-state index in [1.165, 1.54) is 16.4 Å². The molecule has 17 heavy (non-hydrogen) atoms. The van der Waals surface area contributed by atoms with Crippen LogP contribution in [-0.4, -0.2) is 21.1 Å². The van der Waals surface area contributed by atoms with Gasteiger partial charge in [-0.05, 0) is 31.9 Å². The molecule has 0 bridgehead atoms. The van der Waals surface area contributed by atoms with Gasteiger partial charge in [0.05, 0.1) is 27.3 Å². The van der Waals surface area contributed by atoms with Crippen molar-refractivity contribution in [1.29, 1.82) is 0 Å². The number of nitrogens with one attached hydrogen (secondary N) is 1. The highest BCUT2D eigenvalue weighted by Crippen LogP contribution is 2.24. The summed E-state index contributed by atoms with van der Waals surface area (Å²) in [6.45, 7) is 7.10. The Morgan fingerprint density at radius 3 is 2.76 bits per heavy atom. The van der Waals surface area contributed by atoms with Crippen molar-refractivity contribution in [3.05, 3.63) is 26.7 Å². The van der Waals surface area contributed by atoms with Gasteiger partial charge in [0, 0.05) is 11.8 Å². The van der Waals surface area contributed by atoms with Crippen LogP contribution in [0, 0.1) is 13.8 Å². The summed E-state index contributed by atoms with van der Waals surface area (Å²) >= 11 is 3.17. The van der Waals surface area contributed by atoms with Crippen molar-refractivity contribution < 1.29 is 0 Å². The third-order valence-electron chi connectivity index (χ3n) is 2.53. The Balaban J connectivity index is 2.15. The summed E-state index contributed by atoms with van der Waals surface area (Å²) in [5.74, 6) is 0. The van der Waals surface area contributed by atoms with Crippen molar-refractivity contribution in [3.8, 4) is 0 Å². The van der Waals surface area contributed by atoms with E-state index < -0.39 is 0 Å². The van der Waals surface area contributed by atoms with Crippen LogP contribution in [0.25, 0.3) is 0 Å². The minimum atomic E-state index is 0.279. The van der Waals surface area contributed by atoms with E-state index >= 15 is 0 Å². The smallest absolute Gasteiger partial charge is 0.0897 e. The molecule has 2 rings (SSSR count). The van der Waals surface area contributed by atoms with E-state index in [4.69, 9.17) is 0 Å². The van der Waals surface area contributed by atoms with Crippen molar-refractivity contribution in [2.75, 3.05) is 6.54 Å². The van der Waals surface area contributed by atoms with E-state index in [9.17, 15) is 0 Å². The van der Waals surface area contributed by atoms with Crippen LogP contribution in [0.15, 0.2) is 5.38 Å². The Kier molecular flexibility index (Phi) is 4.20. The maximum absolute atomic E-state index is 4.51. The molecule has 0 aliphatic rings. The van der Waals surface area contributed by atoms with Gasteiger partial charge in [-0.25, -0.2) is 4.98 Å². The molecular formula is C11H16N4S2. The average molecular weight is 268 g/mol. The molecule has 0 fully saturated rings. The zero-order chi connectivity index (χ0) is 12.3. The third-order valence-corrected chi connectivity index (χ3v) is 4.30. The topological polar surface area (TPSA) is 50.7 Å². The maximum atomic E-state index is 4.51. The van der Waals surface area contributed by atoms with E-state index in [0.29, 0.717) is 0 Å². The first-order chi connectivity index (χ1) is 8.20. The Labute approximate surface area is 109 Å². The summed E-state index contributed by atoms with van der Waals surface area (Å²) in [4.78, 5) is 5.73. The average Bonchev–Trinajstić information content (AvgIpc) is 2.87. The lowest BCUT2D eigenvalue weighted by Crippen LogP contribution is -2.23. The molecule has 0 saturated carbocycles. The Hall–Kier alpha value is -0.850. The summed E-state index contributed by atoms with van der Waals surface area (Å²) in [7, 11) is 0. The van der Waals surface area contributed by atoms with Crippen LogP contribution >= 0.6 is 22.9 Å². The van der Waals surface area contributed by atoms with Crippen molar-refractivity contribution >= 4 is 22.9 Å². The molecule has 0 radical (unpaired) electrons. The van der Waals surface area contributed by atoms with E-state index in [-0.39, 0.29) is 6.04 Å². The van der Waals surface area contributed by atoms with E-state index in [0.717, 1.165) is 29.4 Å². The predicted octanol–water partition coefficient (Wildman–Crippen LogP) is 2.50. The molecule has 0 aromatic carbocycles. The number of thiazole rings is 1. The zero-order valence-corrected chi connectivity index (χ0v) is 11.9. The molecule has 1 unspecified atom stereocenters. The molecule has 2 aromatic heterocycles. The van der Waals surface area contributed by atoms with Crippen LogP contribution in [0.2, 0.25) is 0 Å². The van der Waals surface area contributed by atoms with Gasteiger partial charge in [-0.1, -0.05) is 11.4 Å². The molecule has 4 nitrogen and oxygen atoms in total. The third kappa shape index (κ3) is 3.08. The molecule has 1 N–H and O–H groups in total. The minimum absolute atomic E-state index is 0.279. The molecule has 0 amide bonds. The molecule has 0 aliphatic heterocycles. The van der Waals surface area contributed by atoms with Gasteiger partial charge in [-0.15, -0.1) is 16.4 Å². The van der Waals surface area contributed by atoms with Crippen LogP contribution in [0.4, 0.5) is 0 Å². The lowest BCUT2D eigenvalue weighted by molar-refractivity contribution is 0.550. The van der Waals surface area contributed by atoms with Gasteiger partial charge in [-0.2, -0.15) is 0 Å². The number of rotatable bonds is 5. The van der Waals surface area contributed by atoms with Crippen LogP contribution in [0.3, 0.4) is 0 Å². The standard InChI is InChI=1S/C11H16N4S2/c1-4-12-10(11-7(2)14-15-17-11)5-9-6-16-8(3)13-9/h6,10,12H,4-5H2,1-3H3. The molecule has 0 aliphatic carbocycles. The highest BCUT2D eigenvalue weighted by Gasteiger charge is 2.17. The lowest BCUT2D eigenvalue weighted by atomic mass is 10.1. The Morgan fingerprint density at radius 2 is 2.24 bits per heavy atom. The van der Waals surface area contributed by atoms with Gasteiger partial charge in [0.2, 0.25) is 0 Å². The first-order valence-corrected chi connectivity index (χ1v) is 7.29. The highest BCUT2D eigenvalue weighted by molar-refractivity contribution is 7.09. The van der Waals surface area contributed by atoms with Gasteiger partial charge in [-0.3, -0.25) is 0 Å². The molecule has 0 saturated heterocycles. The summed E-state index contributed by atoms with van der Waals surface area (Å²) in [6.07, 6.45) is 0.906. The largest absolute Gasteiger partial charge is 0.309 e. The first kappa shape index (κ1) is 12.6. The number of nitrogens with zero attached hydrogens (tertiary/aromatic N) is 3. The summed E-state index contributed by atoms with van der Waals surface area (Å²) in [5.41, 5.74) is 2.17. The Bertz CT molecular complexity index is 477. The van der Waals surface area contributed by atoms with Crippen molar-refractivity contribution in [2.24, 2.45) is 0 Å². The molecule has 0 spiro atoms.